The van der Waals surface area contributed by atoms with E-state index in [1.54, 1.807) is 19.1 Å². The summed E-state index contributed by atoms with van der Waals surface area (Å²) in [6, 6.07) is 2.05. The Balaban J connectivity index is 2.44. The first-order valence-corrected chi connectivity index (χ1v) is 8.46. The largest absolute Gasteiger partial charge is 0.496 e. The molecule has 6 nitrogen and oxygen atoms in total. The average Bonchev–Trinajstić information content (AvgIpc) is 2.58. The minimum atomic E-state index is -0.284. The van der Waals surface area contributed by atoms with Crippen molar-refractivity contribution in [3.8, 4) is 11.5 Å². The van der Waals surface area contributed by atoms with Crippen LogP contribution in [0.5, 0.6) is 11.5 Å². The molecule has 1 N–H and O–H groups in total. The fourth-order valence-corrected chi connectivity index (χ4v) is 3.19. The van der Waals surface area contributed by atoms with Crippen LogP contribution in [0.4, 0.5) is 4.79 Å². The van der Waals surface area contributed by atoms with Crippen LogP contribution in [0.15, 0.2) is 6.07 Å². The van der Waals surface area contributed by atoms with Crippen LogP contribution < -0.4 is 14.8 Å². The minimum Gasteiger partial charge on any atom is -0.496 e. The molecule has 134 valence electrons. The van der Waals surface area contributed by atoms with Crippen molar-refractivity contribution in [2.45, 2.75) is 46.3 Å². The van der Waals surface area contributed by atoms with Gasteiger partial charge in [-0.2, -0.15) is 0 Å². The summed E-state index contributed by atoms with van der Waals surface area (Å²) in [5.41, 5.74) is 3.20. The quantitative estimate of drug-likeness (QED) is 0.865. The Morgan fingerprint density at radius 1 is 1.29 bits per heavy atom. The van der Waals surface area contributed by atoms with Crippen LogP contribution in [0.2, 0.25) is 0 Å². The Kier molecular flexibility index (Phi) is 6.31. The number of hydrogen-bond acceptors (Lipinski definition) is 5. The van der Waals surface area contributed by atoms with E-state index in [-0.39, 0.29) is 12.1 Å². The molecule has 1 aromatic carbocycles. The summed E-state index contributed by atoms with van der Waals surface area (Å²) in [6.45, 7) is 8.36. The number of nitrogens with one attached hydrogen (secondary N) is 1. The zero-order valence-corrected chi connectivity index (χ0v) is 15.3. The Labute approximate surface area is 144 Å². The van der Waals surface area contributed by atoms with E-state index in [4.69, 9.17) is 14.2 Å². The summed E-state index contributed by atoms with van der Waals surface area (Å²) in [6.07, 6.45) is 0.432. The van der Waals surface area contributed by atoms with Crippen molar-refractivity contribution in [3.05, 3.63) is 22.8 Å². The highest BCUT2D eigenvalue weighted by molar-refractivity contribution is 5.69. The number of hydrogen-bond donors (Lipinski definition) is 1. The zero-order valence-electron chi connectivity index (χ0n) is 15.3. The highest BCUT2D eigenvalue weighted by Gasteiger charge is 2.32. The number of benzene rings is 1. The number of carbonyl (C=O) groups excluding carboxylic acids is 1. The Bertz CT molecular complexity index is 589. The third-order valence-electron chi connectivity index (χ3n) is 4.38. The smallest absolute Gasteiger partial charge is 0.410 e. The first-order valence-electron chi connectivity index (χ1n) is 8.46. The van der Waals surface area contributed by atoms with Crippen LogP contribution in [0, 0.1) is 0 Å². The van der Waals surface area contributed by atoms with Gasteiger partial charge >= 0.3 is 6.09 Å². The third kappa shape index (κ3) is 3.59. The van der Waals surface area contributed by atoms with Gasteiger partial charge in [0.1, 0.15) is 11.5 Å². The summed E-state index contributed by atoms with van der Waals surface area (Å²) >= 11 is 0. The molecule has 1 aliphatic heterocycles. The maximum atomic E-state index is 12.2. The molecule has 2 rings (SSSR count). The second kappa shape index (κ2) is 8.24. The van der Waals surface area contributed by atoms with Crippen LogP contribution in [-0.4, -0.2) is 44.4 Å². The van der Waals surface area contributed by atoms with Crippen molar-refractivity contribution in [1.82, 2.24) is 10.2 Å². The van der Waals surface area contributed by atoms with Crippen LogP contribution in [-0.2, 0) is 24.2 Å². The Morgan fingerprint density at radius 3 is 2.62 bits per heavy atom. The third-order valence-corrected chi connectivity index (χ3v) is 4.38. The molecule has 0 aromatic heterocycles. The molecule has 1 atom stereocenters. The lowest BCUT2D eigenvalue weighted by Gasteiger charge is -2.36. The molecule has 0 saturated heterocycles. The van der Waals surface area contributed by atoms with E-state index in [9.17, 15) is 4.79 Å². The second-order valence-corrected chi connectivity index (χ2v) is 5.89. The van der Waals surface area contributed by atoms with E-state index in [1.165, 1.54) is 0 Å². The first kappa shape index (κ1) is 18.4. The van der Waals surface area contributed by atoms with E-state index >= 15 is 0 Å². The fraction of sp³-hybridized carbons (Fsp3) is 0.611. The number of amides is 1. The molecule has 24 heavy (non-hydrogen) atoms. The number of ether oxygens (including phenoxy) is 3. The molecule has 1 aromatic rings. The molecule has 1 unspecified atom stereocenters. The molecule has 0 spiro atoms. The average molecular weight is 336 g/mol. The van der Waals surface area contributed by atoms with Crippen LogP contribution in [0.3, 0.4) is 0 Å². The Morgan fingerprint density at radius 2 is 2.04 bits per heavy atom. The summed E-state index contributed by atoms with van der Waals surface area (Å²) in [5, 5.41) is 3.33. The predicted octanol–water partition coefficient (Wildman–Crippen LogP) is 2.72. The van der Waals surface area contributed by atoms with Gasteiger partial charge < -0.3 is 24.4 Å². The van der Waals surface area contributed by atoms with E-state index in [0.717, 1.165) is 41.3 Å². The lowest BCUT2D eigenvalue weighted by Crippen LogP contribution is -2.43. The monoisotopic (exact) mass is 336 g/mol. The SMILES string of the molecule is CCNCc1cc(OC)c2c(c1OC)CC(C)N(C(=O)OCC)C2. The molecule has 6 heteroatoms. The topological polar surface area (TPSA) is 60.0 Å². The van der Waals surface area contributed by atoms with E-state index < -0.39 is 0 Å². The van der Waals surface area contributed by atoms with Crippen LogP contribution >= 0.6 is 0 Å². The van der Waals surface area contributed by atoms with Gasteiger partial charge in [0.05, 0.1) is 27.4 Å². The van der Waals surface area contributed by atoms with Crippen molar-refractivity contribution >= 4 is 6.09 Å². The summed E-state index contributed by atoms with van der Waals surface area (Å²) in [4.78, 5) is 14.0. The van der Waals surface area contributed by atoms with Crippen LogP contribution in [0.25, 0.3) is 0 Å². The van der Waals surface area contributed by atoms with Gasteiger partial charge in [0, 0.05) is 29.3 Å². The van der Waals surface area contributed by atoms with Crippen molar-refractivity contribution in [2.75, 3.05) is 27.4 Å². The summed E-state index contributed by atoms with van der Waals surface area (Å²) < 4.78 is 16.5. The molecule has 0 aliphatic carbocycles. The van der Waals surface area contributed by atoms with Crippen molar-refractivity contribution in [3.63, 3.8) is 0 Å². The van der Waals surface area contributed by atoms with Gasteiger partial charge in [0.25, 0.3) is 0 Å². The number of fused-ring (bicyclic) bond motifs is 1. The summed E-state index contributed by atoms with van der Waals surface area (Å²) in [5.74, 6) is 1.68. The second-order valence-electron chi connectivity index (χ2n) is 5.89. The van der Waals surface area contributed by atoms with Gasteiger partial charge in [-0.05, 0) is 32.9 Å². The lowest BCUT2D eigenvalue weighted by atomic mass is 9.91. The molecule has 0 fully saturated rings. The zero-order chi connectivity index (χ0) is 17.7. The van der Waals surface area contributed by atoms with Gasteiger partial charge in [-0.1, -0.05) is 6.92 Å². The molecular formula is C18H28N2O4. The standard InChI is InChI=1S/C18H28N2O4/c1-6-19-10-13-9-16(22-4)15-11-20(18(21)24-7-2)12(3)8-14(15)17(13)23-5/h9,12,19H,6-8,10-11H2,1-5H3. The van der Waals surface area contributed by atoms with Gasteiger partial charge in [0.15, 0.2) is 0 Å². The molecular weight excluding hydrogens is 308 g/mol. The molecule has 1 amide bonds. The first-order chi connectivity index (χ1) is 11.6. The van der Waals surface area contributed by atoms with Crippen molar-refractivity contribution in [2.24, 2.45) is 0 Å². The number of carbonyl (C=O) groups is 1. The highest BCUT2D eigenvalue weighted by atomic mass is 16.6. The summed E-state index contributed by atoms with van der Waals surface area (Å²) in [7, 11) is 3.35. The molecule has 1 heterocycles. The Hall–Kier alpha value is -1.95. The number of nitrogens with zero attached hydrogens (tertiary/aromatic N) is 1. The van der Waals surface area contributed by atoms with E-state index in [1.807, 2.05) is 19.9 Å². The minimum absolute atomic E-state index is 0.0459. The number of rotatable bonds is 6. The van der Waals surface area contributed by atoms with Gasteiger partial charge in [-0.15, -0.1) is 0 Å². The van der Waals surface area contributed by atoms with Gasteiger partial charge in [-0.25, -0.2) is 4.79 Å². The van der Waals surface area contributed by atoms with Gasteiger partial charge in [-0.3, -0.25) is 0 Å². The highest BCUT2D eigenvalue weighted by Crippen LogP contribution is 2.39. The maximum absolute atomic E-state index is 12.2. The maximum Gasteiger partial charge on any atom is 0.410 e. The van der Waals surface area contributed by atoms with Crippen molar-refractivity contribution < 1.29 is 19.0 Å². The number of methoxy groups -OCH3 is 2. The molecule has 0 bridgehead atoms. The predicted molar refractivity (Wildman–Crippen MR) is 92.7 cm³/mol. The van der Waals surface area contributed by atoms with E-state index in [2.05, 4.69) is 12.2 Å². The molecule has 0 saturated carbocycles. The molecule has 1 aliphatic rings. The van der Waals surface area contributed by atoms with E-state index in [0.29, 0.717) is 19.6 Å². The normalized spacial score (nSPS) is 16.5. The van der Waals surface area contributed by atoms with Crippen LogP contribution in [0.1, 0.15) is 37.5 Å². The molecule has 0 radical (unpaired) electrons. The van der Waals surface area contributed by atoms with Crippen molar-refractivity contribution in [1.29, 1.82) is 0 Å². The fourth-order valence-electron chi connectivity index (χ4n) is 3.19. The lowest BCUT2D eigenvalue weighted by molar-refractivity contribution is 0.0853. The van der Waals surface area contributed by atoms with Gasteiger partial charge in [0.2, 0.25) is 0 Å².